The van der Waals surface area contributed by atoms with E-state index in [0.29, 0.717) is 24.6 Å². The topological polar surface area (TPSA) is 74.3 Å². The minimum Gasteiger partial charge on any atom is -0.369 e. The number of rotatable bonds is 7. The molecule has 0 bridgehead atoms. The van der Waals surface area contributed by atoms with Gasteiger partial charge in [0.25, 0.3) is 5.91 Å². The Hall–Kier alpha value is -2.89. The van der Waals surface area contributed by atoms with E-state index in [1.807, 2.05) is 0 Å². The molecule has 30 heavy (non-hydrogen) atoms. The van der Waals surface area contributed by atoms with Gasteiger partial charge >= 0.3 is 0 Å². The van der Waals surface area contributed by atoms with Crippen LogP contribution in [0.25, 0.3) is 0 Å². The van der Waals surface area contributed by atoms with Crippen LogP contribution in [-0.4, -0.2) is 43.0 Å². The monoisotopic (exact) mass is 406 g/mol. The van der Waals surface area contributed by atoms with Gasteiger partial charge in [0.2, 0.25) is 5.91 Å². The van der Waals surface area contributed by atoms with Crippen molar-refractivity contribution in [2.24, 2.45) is 11.8 Å². The molecule has 0 saturated heterocycles. The van der Waals surface area contributed by atoms with Crippen molar-refractivity contribution < 1.29 is 9.59 Å². The molecule has 2 heterocycles. The van der Waals surface area contributed by atoms with Gasteiger partial charge in [0.1, 0.15) is 0 Å². The number of nitrogens with one attached hydrogen (secondary N) is 2. The van der Waals surface area contributed by atoms with Crippen molar-refractivity contribution in [2.75, 3.05) is 31.1 Å². The van der Waals surface area contributed by atoms with E-state index in [4.69, 9.17) is 0 Å². The Kier molecular flexibility index (Phi) is 6.62. The molecule has 1 saturated carbocycles. The van der Waals surface area contributed by atoms with E-state index in [9.17, 15) is 9.59 Å². The average molecular weight is 407 g/mol. The van der Waals surface area contributed by atoms with E-state index in [-0.39, 0.29) is 17.7 Å². The van der Waals surface area contributed by atoms with Crippen LogP contribution in [0, 0.1) is 11.8 Å². The smallest absolute Gasteiger partial charge is 0.251 e. The highest BCUT2D eigenvalue weighted by molar-refractivity contribution is 5.93. The fraction of sp³-hybridized carbons (Fsp3) is 0.458. The third-order valence-electron chi connectivity index (χ3n) is 6.38. The fourth-order valence-electron chi connectivity index (χ4n) is 4.57. The lowest BCUT2D eigenvalue weighted by Crippen LogP contribution is -2.39. The number of benzene rings is 1. The summed E-state index contributed by atoms with van der Waals surface area (Å²) >= 11 is 0. The molecule has 1 aliphatic heterocycles. The van der Waals surface area contributed by atoms with Crippen LogP contribution in [0.2, 0.25) is 0 Å². The number of para-hydroxylation sites is 1. The van der Waals surface area contributed by atoms with Gasteiger partial charge in [0, 0.05) is 55.7 Å². The molecule has 1 aromatic heterocycles. The summed E-state index contributed by atoms with van der Waals surface area (Å²) in [5.74, 6) is 0.673. The van der Waals surface area contributed by atoms with Crippen LogP contribution in [0.4, 0.5) is 5.69 Å². The van der Waals surface area contributed by atoms with Crippen LogP contribution < -0.4 is 15.5 Å². The van der Waals surface area contributed by atoms with Crippen LogP contribution >= 0.6 is 0 Å². The largest absolute Gasteiger partial charge is 0.369 e. The molecule has 1 fully saturated rings. The molecule has 0 atom stereocenters. The standard InChI is InChI=1S/C24H30N4O2/c29-23(26-14-16-28-15-11-19-3-1-2-4-22(19)28)20-7-5-18(6-8-20)17-27-24(30)21-9-12-25-13-10-21/h1-4,9-10,12-13,18,20H,5-8,11,14-17H2,(H,26,29)(H,27,30). The first-order valence-corrected chi connectivity index (χ1v) is 11.0. The molecule has 0 spiro atoms. The zero-order valence-corrected chi connectivity index (χ0v) is 17.3. The summed E-state index contributed by atoms with van der Waals surface area (Å²) in [5, 5.41) is 6.15. The van der Waals surface area contributed by atoms with Gasteiger partial charge in [0.15, 0.2) is 0 Å². The summed E-state index contributed by atoms with van der Waals surface area (Å²) in [5.41, 5.74) is 3.35. The van der Waals surface area contributed by atoms with Crippen LogP contribution in [0.5, 0.6) is 0 Å². The van der Waals surface area contributed by atoms with Crippen molar-refractivity contribution in [1.82, 2.24) is 15.6 Å². The van der Waals surface area contributed by atoms with Crippen LogP contribution in [0.3, 0.4) is 0 Å². The molecule has 6 heteroatoms. The third-order valence-corrected chi connectivity index (χ3v) is 6.38. The Morgan fingerprint density at radius 3 is 2.57 bits per heavy atom. The molecule has 0 unspecified atom stereocenters. The second kappa shape index (κ2) is 9.74. The number of carbonyl (C=O) groups is 2. The maximum atomic E-state index is 12.6. The van der Waals surface area contributed by atoms with E-state index in [2.05, 4.69) is 44.8 Å². The summed E-state index contributed by atoms with van der Waals surface area (Å²) in [6.07, 6.45) is 8.10. The van der Waals surface area contributed by atoms with Crippen LogP contribution in [0.1, 0.15) is 41.6 Å². The number of pyridine rings is 1. The summed E-state index contributed by atoms with van der Waals surface area (Å²) in [7, 11) is 0. The molecule has 158 valence electrons. The van der Waals surface area contributed by atoms with E-state index in [0.717, 1.165) is 45.2 Å². The number of anilines is 1. The van der Waals surface area contributed by atoms with Crippen molar-refractivity contribution >= 4 is 17.5 Å². The lowest BCUT2D eigenvalue weighted by molar-refractivity contribution is -0.126. The maximum absolute atomic E-state index is 12.6. The van der Waals surface area contributed by atoms with Gasteiger partial charge in [0.05, 0.1) is 0 Å². The van der Waals surface area contributed by atoms with E-state index in [1.54, 1.807) is 24.5 Å². The third kappa shape index (κ3) is 4.99. The van der Waals surface area contributed by atoms with E-state index in [1.165, 1.54) is 11.3 Å². The highest BCUT2D eigenvalue weighted by atomic mass is 16.2. The van der Waals surface area contributed by atoms with Gasteiger partial charge in [-0.15, -0.1) is 0 Å². The number of hydrogen-bond acceptors (Lipinski definition) is 4. The first kappa shape index (κ1) is 20.4. The highest BCUT2D eigenvalue weighted by Gasteiger charge is 2.26. The quantitative estimate of drug-likeness (QED) is 0.742. The van der Waals surface area contributed by atoms with Crippen LogP contribution in [0.15, 0.2) is 48.8 Å². The van der Waals surface area contributed by atoms with Crippen molar-refractivity contribution in [3.8, 4) is 0 Å². The summed E-state index contributed by atoms with van der Waals surface area (Å²) < 4.78 is 0. The van der Waals surface area contributed by atoms with Crippen LogP contribution in [-0.2, 0) is 11.2 Å². The Balaban J connectivity index is 1.14. The molecule has 6 nitrogen and oxygen atoms in total. The van der Waals surface area contributed by atoms with Gasteiger partial charge in [-0.3, -0.25) is 14.6 Å². The molecular weight excluding hydrogens is 376 g/mol. The first-order valence-electron chi connectivity index (χ1n) is 11.0. The molecule has 2 aliphatic rings. The van der Waals surface area contributed by atoms with Gasteiger partial charge in [-0.2, -0.15) is 0 Å². The molecule has 0 radical (unpaired) electrons. The molecule has 2 N–H and O–H groups in total. The zero-order valence-electron chi connectivity index (χ0n) is 17.3. The molecular formula is C24H30N4O2. The first-order chi connectivity index (χ1) is 14.7. The number of aromatic nitrogens is 1. The van der Waals surface area contributed by atoms with Crippen molar-refractivity contribution in [3.63, 3.8) is 0 Å². The number of hydrogen-bond donors (Lipinski definition) is 2. The average Bonchev–Trinajstić information content (AvgIpc) is 3.21. The molecule has 2 aromatic rings. The summed E-state index contributed by atoms with van der Waals surface area (Å²) in [4.78, 5) is 31.0. The summed E-state index contributed by atoms with van der Waals surface area (Å²) in [6, 6.07) is 12.0. The lowest BCUT2D eigenvalue weighted by Gasteiger charge is -2.28. The lowest BCUT2D eigenvalue weighted by atomic mass is 9.81. The van der Waals surface area contributed by atoms with E-state index < -0.39 is 0 Å². The number of carbonyl (C=O) groups excluding carboxylic acids is 2. The van der Waals surface area contributed by atoms with Gasteiger partial charge < -0.3 is 15.5 Å². The van der Waals surface area contributed by atoms with Crippen molar-refractivity contribution in [3.05, 3.63) is 59.9 Å². The summed E-state index contributed by atoms with van der Waals surface area (Å²) in [6.45, 7) is 3.25. The highest BCUT2D eigenvalue weighted by Crippen LogP contribution is 2.29. The number of fused-ring (bicyclic) bond motifs is 1. The van der Waals surface area contributed by atoms with Gasteiger partial charge in [-0.25, -0.2) is 0 Å². The zero-order chi connectivity index (χ0) is 20.8. The molecule has 2 amide bonds. The second-order valence-corrected chi connectivity index (χ2v) is 8.32. The molecule has 4 rings (SSSR count). The molecule has 1 aromatic carbocycles. The minimum absolute atomic E-state index is 0.0549. The second-order valence-electron chi connectivity index (χ2n) is 8.32. The SMILES string of the molecule is O=C(NCC1CCC(C(=O)NCCN2CCc3ccccc32)CC1)c1ccncc1. The Labute approximate surface area is 178 Å². The van der Waals surface area contributed by atoms with E-state index >= 15 is 0 Å². The predicted octanol–water partition coefficient (Wildman–Crippen LogP) is 2.80. The minimum atomic E-state index is -0.0549. The van der Waals surface area contributed by atoms with Gasteiger partial charge in [-0.1, -0.05) is 18.2 Å². The normalized spacial score (nSPS) is 20.5. The predicted molar refractivity (Wildman–Crippen MR) is 117 cm³/mol. The van der Waals surface area contributed by atoms with Crippen molar-refractivity contribution in [2.45, 2.75) is 32.1 Å². The van der Waals surface area contributed by atoms with Crippen molar-refractivity contribution in [1.29, 1.82) is 0 Å². The van der Waals surface area contributed by atoms with Gasteiger partial charge in [-0.05, 0) is 61.8 Å². The number of nitrogens with zero attached hydrogens (tertiary/aromatic N) is 2. The fourth-order valence-corrected chi connectivity index (χ4v) is 4.57. The Morgan fingerprint density at radius 2 is 1.77 bits per heavy atom. The Morgan fingerprint density at radius 1 is 1.00 bits per heavy atom. The molecule has 1 aliphatic carbocycles. The Bertz CT molecular complexity index is 863. The number of amides is 2. The maximum Gasteiger partial charge on any atom is 0.251 e.